The van der Waals surface area contributed by atoms with Crippen molar-refractivity contribution < 1.29 is 19.1 Å². The first-order valence-electron chi connectivity index (χ1n) is 7.01. The first kappa shape index (κ1) is 15.9. The number of nitrogens with zero attached hydrogens (tertiary/aromatic N) is 1. The smallest absolute Gasteiger partial charge is 0.250 e. The van der Waals surface area contributed by atoms with E-state index in [9.17, 15) is 9.59 Å². The summed E-state index contributed by atoms with van der Waals surface area (Å²) in [5.41, 5.74) is 1.33. The van der Waals surface area contributed by atoms with Gasteiger partial charge < -0.3 is 19.7 Å². The third kappa shape index (κ3) is 3.58. The van der Waals surface area contributed by atoms with Gasteiger partial charge in [-0.3, -0.25) is 9.59 Å². The minimum absolute atomic E-state index is 0.0238. The maximum Gasteiger partial charge on any atom is 0.250 e. The van der Waals surface area contributed by atoms with E-state index >= 15 is 0 Å². The number of para-hydroxylation sites is 1. The molecule has 1 aliphatic rings. The molecule has 22 heavy (non-hydrogen) atoms. The highest BCUT2D eigenvalue weighted by Gasteiger charge is 2.19. The first-order valence-corrected chi connectivity index (χ1v) is 7.01. The lowest BCUT2D eigenvalue weighted by Crippen LogP contribution is -2.32. The molecule has 0 radical (unpaired) electrons. The van der Waals surface area contributed by atoms with Crippen molar-refractivity contribution in [3.63, 3.8) is 0 Å². The van der Waals surface area contributed by atoms with Gasteiger partial charge in [0.25, 0.3) is 5.91 Å². The molecule has 118 valence electrons. The van der Waals surface area contributed by atoms with E-state index < -0.39 is 0 Å². The molecule has 0 spiro atoms. The normalized spacial score (nSPS) is 12.6. The Morgan fingerprint density at radius 2 is 2.14 bits per heavy atom. The lowest BCUT2D eigenvalue weighted by Gasteiger charge is -2.19. The van der Waals surface area contributed by atoms with Crippen LogP contribution in [0.1, 0.15) is 12.0 Å². The van der Waals surface area contributed by atoms with Crippen molar-refractivity contribution in [2.45, 2.75) is 6.42 Å². The summed E-state index contributed by atoms with van der Waals surface area (Å²) in [6.45, 7) is 0.485. The third-order valence-corrected chi connectivity index (χ3v) is 3.35. The van der Waals surface area contributed by atoms with Gasteiger partial charge in [-0.05, 0) is 12.1 Å². The van der Waals surface area contributed by atoms with E-state index in [4.69, 9.17) is 9.47 Å². The number of hydrogen-bond donors (Lipinski definition) is 1. The second kappa shape index (κ2) is 6.98. The molecule has 0 saturated heterocycles. The fraction of sp³-hybridized carbons (Fsp3) is 0.375. The van der Waals surface area contributed by atoms with Crippen LogP contribution in [0.4, 0.5) is 0 Å². The van der Waals surface area contributed by atoms with Crippen LogP contribution in [-0.4, -0.2) is 51.1 Å². The summed E-state index contributed by atoms with van der Waals surface area (Å²) in [5, 5.41) is 2.73. The van der Waals surface area contributed by atoms with Gasteiger partial charge in [0.05, 0.1) is 12.7 Å². The molecule has 0 aliphatic carbocycles. The molecule has 1 aromatic rings. The molecular formula is C16H20N2O4. The van der Waals surface area contributed by atoms with E-state index in [0.717, 1.165) is 5.56 Å². The summed E-state index contributed by atoms with van der Waals surface area (Å²) < 4.78 is 10.8. The average molecular weight is 304 g/mol. The van der Waals surface area contributed by atoms with E-state index in [2.05, 4.69) is 5.32 Å². The summed E-state index contributed by atoms with van der Waals surface area (Å²) in [6.07, 6.45) is 2.06. The summed E-state index contributed by atoms with van der Waals surface area (Å²) in [4.78, 5) is 25.1. The number of rotatable bonds is 5. The van der Waals surface area contributed by atoms with E-state index in [1.165, 1.54) is 4.90 Å². The first-order chi connectivity index (χ1) is 10.5. The number of amides is 2. The predicted octanol–water partition coefficient (Wildman–Crippen LogP) is 1.07. The highest BCUT2D eigenvalue weighted by atomic mass is 16.5. The van der Waals surface area contributed by atoms with Crippen molar-refractivity contribution >= 4 is 17.9 Å². The number of nitrogens with one attached hydrogen (secondary N) is 1. The Morgan fingerprint density at radius 3 is 2.82 bits per heavy atom. The maximum atomic E-state index is 12.1. The minimum atomic E-state index is -0.222. The second-order valence-corrected chi connectivity index (χ2v) is 5.13. The minimum Gasteiger partial charge on any atom is -0.493 e. The SMILES string of the molecule is COc1cccc2c1OCC(C(=O)NCCC(=O)N(C)C)=C2. The number of fused-ring (bicyclic) bond motifs is 1. The lowest BCUT2D eigenvalue weighted by molar-refractivity contribution is -0.128. The molecule has 1 aliphatic heterocycles. The molecule has 6 nitrogen and oxygen atoms in total. The van der Waals surface area contributed by atoms with Crippen LogP contribution < -0.4 is 14.8 Å². The summed E-state index contributed by atoms with van der Waals surface area (Å²) in [7, 11) is 4.95. The Morgan fingerprint density at radius 1 is 1.36 bits per heavy atom. The largest absolute Gasteiger partial charge is 0.493 e. The molecule has 2 rings (SSSR count). The number of ether oxygens (including phenoxy) is 2. The Balaban J connectivity index is 1.99. The topological polar surface area (TPSA) is 67.9 Å². The molecule has 0 fully saturated rings. The number of carbonyl (C=O) groups excluding carboxylic acids is 2. The van der Waals surface area contributed by atoms with Crippen LogP contribution in [0.3, 0.4) is 0 Å². The Kier molecular flexibility index (Phi) is 5.04. The zero-order valence-corrected chi connectivity index (χ0v) is 13.0. The molecular weight excluding hydrogens is 284 g/mol. The highest BCUT2D eigenvalue weighted by Crippen LogP contribution is 2.35. The van der Waals surface area contributed by atoms with Gasteiger partial charge in [0.1, 0.15) is 6.61 Å². The maximum absolute atomic E-state index is 12.1. The van der Waals surface area contributed by atoms with E-state index in [1.807, 2.05) is 18.2 Å². The monoisotopic (exact) mass is 304 g/mol. The standard InChI is InChI=1S/C16H20N2O4/c1-18(2)14(19)7-8-17-16(20)12-9-11-5-4-6-13(21-3)15(11)22-10-12/h4-6,9H,7-8,10H2,1-3H3,(H,17,20). The van der Waals surface area contributed by atoms with Gasteiger partial charge in [-0.2, -0.15) is 0 Å². The van der Waals surface area contributed by atoms with E-state index in [-0.39, 0.29) is 24.8 Å². The fourth-order valence-electron chi connectivity index (χ4n) is 2.09. The fourth-order valence-corrected chi connectivity index (χ4v) is 2.09. The number of benzene rings is 1. The van der Waals surface area contributed by atoms with Gasteiger partial charge >= 0.3 is 0 Å². The van der Waals surface area contributed by atoms with Crippen LogP contribution in [0.5, 0.6) is 11.5 Å². The number of carbonyl (C=O) groups is 2. The zero-order chi connectivity index (χ0) is 16.1. The molecule has 0 atom stereocenters. The van der Waals surface area contributed by atoms with Crippen molar-refractivity contribution in [2.75, 3.05) is 34.4 Å². The molecule has 1 N–H and O–H groups in total. The number of methoxy groups -OCH3 is 1. The van der Waals surface area contributed by atoms with Gasteiger partial charge in [0.2, 0.25) is 5.91 Å². The Bertz CT molecular complexity index is 608. The van der Waals surface area contributed by atoms with E-state index in [0.29, 0.717) is 23.6 Å². The van der Waals surface area contributed by atoms with Crippen molar-refractivity contribution in [1.29, 1.82) is 0 Å². The lowest BCUT2D eigenvalue weighted by atomic mass is 10.1. The molecule has 6 heteroatoms. The van der Waals surface area contributed by atoms with E-state index in [1.54, 1.807) is 27.3 Å². The Labute approximate surface area is 129 Å². The van der Waals surface area contributed by atoms with Crippen LogP contribution in [0.25, 0.3) is 6.08 Å². The Hall–Kier alpha value is -2.50. The van der Waals surface area contributed by atoms with Gasteiger partial charge in [-0.25, -0.2) is 0 Å². The zero-order valence-electron chi connectivity index (χ0n) is 13.0. The summed E-state index contributed by atoms with van der Waals surface area (Å²) in [6, 6.07) is 5.51. The highest BCUT2D eigenvalue weighted by molar-refractivity contribution is 5.99. The average Bonchev–Trinajstić information content (AvgIpc) is 2.53. The van der Waals surface area contributed by atoms with Crippen molar-refractivity contribution in [3.8, 4) is 11.5 Å². The number of hydrogen-bond acceptors (Lipinski definition) is 4. The van der Waals surface area contributed by atoms with Gasteiger partial charge in [-0.15, -0.1) is 0 Å². The molecule has 1 aromatic carbocycles. The molecule has 0 bridgehead atoms. The summed E-state index contributed by atoms with van der Waals surface area (Å²) in [5.74, 6) is 1.04. The quantitative estimate of drug-likeness (QED) is 0.883. The third-order valence-electron chi connectivity index (χ3n) is 3.35. The van der Waals surface area contributed by atoms with Crippen molar-refractivity contribution in [3.05, 3.63) is 29.3 Å². The van der Waals surface area contributed by atoms with Gasteiger partial charge in [0, 0.05) is 32.6 Å². The summed E-state index contributed by atoms with van der Waals surface area (Å²) >= 11 is 0. The predicted molar refractivity (Wildman–Crippen MR) is 82.8 cm³/mol. The van der Waals surface area contributed by atoms with Crippen LogP contribution in [0.15, 0.2) is 23.8 Å². The molecule has 2 amide bonds. The van der Waals surface area contributed by atoms with Gasteiger partial charge in [-0.1, -0.05) is 12.1 Å². The second-order valence-electron chi connectivity index (χ2n) is 5.13. The van der Waals surface area contributed by atoms with Gasteiger partial charge in [0.15, 0.2) is 11.5 Å². The van der Waals surface area contributed by atoms with Crippen LogP contribution in [-0.2, 0) is 9.59 Å². The van der Waals surface area contributed by atoms with Crippen LogP contribution in [0.2, 0.25) is 0 Å². The van der Waals surface area contributed by atoms with Crippen molar-refractivity contribution in [2.24, 2.45) is 0 Å². The van der Waals surface area contributed by atoms with Crippen LogP contribution in [0, 0.1) is 0 Å². The molecule has 0 aromatic heterocycles. The molecule has 1 heterocycles. The van der Waals surface area contributed by atoms with Crippen LogP contribution >= 0.6 is 0 Å². The molecule has 0 saturated carbocycles. The molecule has 0 unspecified atom stereocenters. The van der Waals surface area contributed by atoms with Crippen molar-refractivity contribution in [1.82, 2.24) is 10.2 Å².